The number of hydrogen-bond donors (Lipinski definition) is 1. The number of fused-ring (bicyclic) bond motifs is 1. The molecule has 0 saturated carbocycles. The number of nitrogens with two attached hydrogens (primary N) is 1. The Labute approximate surface area is 131 Å². The van der Waals surface area contributed by atoms with E-state index in [0.29, 0.717) is 24.1 Å². The van der Waals surface area contributed by atoms with Gasteiger partial charge in [0.2, 0.25) is 0 Å². The van der Waals surface area contributed by atoms with E-state index in [-0.39, 0.29) is 0 Å². The topological polar surface area (TPSA) is 66.0 Å². The standard InChI is InChI=1S/C17H24N4O/c1-11(2)10-22-15-6-5-13(8-14(15)18)17-19-16-7-4-12(3)9-21(16)20-17/h5-6,8,11-12H,4,7,9-10,18H2,1-3H3. The SMILES string of the molecule is CC(C)COc1ccc(-c2nc3n(n2)CC(C)CC3)cc1N. The maximum absolute atomic E-state index is 6.10. The highest BCUT2D eigenvalue weighted by atomic mass is 16.5. The predicted octanol–water partition coefficient (Wildman–Crippen LogP) is 3.14. The van der Waals surface area contributed by atoms with Crippen molar-refractivity contribution in [3.05, 3.63) is 24.0 Å². The molecule has 2 heterocycles. The predicted molar refractivity (Wildman–Crippen MR) is 87.7 cm³/mol. The Morgan fingerprint density at radius 1 is 1.41 bits per heavy atom. The summed E-state index contributed by atoms with van der Waals surface area (Å²) in [4.78, 5) is 4.66. The Bertz CT molecular complexity index is 663. The molecule has 118 valence electrons. The number of hydrogen-bond acceptors (Lipinski definition) is 4. The van der Waals surface area contributed by atoms with Crippen LogP contribution < -0.4 is 10.5 Å². The first kappa shape index (κ1) is 14.9. The molecule has 5 heteroatoms. The lowest BCUT2D eigenvalue weighted by Gasteiger charge is -2.17. The third kappa shape index (κ3) is 3.08. The van der Waals surface area contributed by atoms with Crippen LogP contribution >= 0.6 is 0 Å². The van der Waals surface area contributed by atoms with Crippen molar-refractivity contribution in [1.82, 2.24) is 14.8 Å². The fourth-order valence-electron chi connectivity index (χ4n) is 2.67. The van der Waals surface area contributed by atoms with Gasteiger partial charge in [0, 0.05) is 18.5 Å². The summed E-state index contributed by atoms with van der Waals surface area (Å²) in [6.45, 7) is 8.10. The van der Waals surface area contributed by atoms with Gasteiger partial charge in [-0.3, -0.25) is 0 Å². The molecular weight excluding hydrogens is 276 g/mol. The molecule has 3 rings (SSSR count). The molecule has 1 aromatic heterocycles. The number of anilines is 1. The fourth-order valence-corrected chi connectivity index (χ4v) is 2.67. The van der Waals surface area contributed by atoms with Gasteiger partial charge in [-0.25, -0.2) is 9.67 Å². The van der Waals surface area contributed by atoms with E-state index in [1.54, 1.807) is 0 Å². The Hall–Kier alpha value is -2.04. The van der Waals surface area contributed by atoms with Gasteiger partial charge in [-0.05, 0) is 36.5 Å². The minimum Gasteiger partial charge on any atom is -0.491 e. The summed E-state index contributed by atoms with van der Waals surface area (Å²) in [7, 11) is 0. The zero-order valence-electron chi connectivity index (χ0n) is 13.5. The molecule has 1 aliphatic rings. The van der Waals surface area contributed by atoms with E-state index < -0.39 is 0 Å². The minimum atomic E-state index is 0.475. The van der Waals surface area contributed by atoms with E-state index in [1.165, 1.54) is 6.42 Å². The molecule has 5 nitrogen and oxygen atoms in total. The van der Waals surface area contributed by atoms with Crippen LogP contribution in [0, 0.1) is 11.8 Å². The lowest BCUT2D eigenvalue weighted by molar-refractivity contribution is 0.272. The number of aromatic nitrogens is 3. The Morgan fingerprint density at radius 3 is 2.95 bits per heavy atom. The van der Waals surface area contributed by atoms with Crippen molar-refractivity contribution in [3.63, 3.8) is 0 Å². The molecule has 1 aromatic carbocycles. The number of aryl methyl sites for hydroxylation is 1. The summed E-state index contributed by atoms with van der Waals surface area (Å²) in [6.07, 6.45) is 2.18. The molecule has 1 atom stereocenters. The van der Waals surface area contributed by atoms with Gasteiger partial charge in [0.05, 0.1) is 12.3 Å². The summed E-state index contributed by atoms with van der Waals surface area (Å²) in [6, 6.07) is 5.80. The third-order valence-corrected chi connectivity index (χ3v) is 3.93. The molecule has 2 N–H and O–H groups in total. The molecule has 0 aliphatic carbocycles. The van der Waals surface area contributed by atoms with Gasteiger partial charge in [-0.15, -0.1) is 0 Å². The molecule has 0 saturated heterocycles. The second-order valence-corrected chi connectivity index (χ2v) is 6.64. The maximum Gasteiger partial charge on any atom is 0.181 e. The van der Waals surface area contributed by atoms with Crippen LogP contribution in [0.3, 0.4) is 0 Å². The van der Waals surface area contributed by atoms with Crippen molar-refractivity contribution in [2.45, 2.75) is 40.2 Å². The van der Waals surface area contributed by atoms with Crippen molar-refractivity contribution in [2.75, 3.05) is 12.3 Å². The van der Waals surface area contributed by atoms with Gasteiger partial charge in [0.25, 0.3) is 0 Å². The first-order valence-corrected chi connectivity index (χ1v) is 7.99. The highest BCUT2D eigenvalue weighted by Crippen LogP contribution is 2.28. The van der Waals surface area contributed by atoms with E-state index in [0.717, 1.165) is 35.9 Å². The summed E-state index contributed by atoms with van der Waals surface area (Å²) < 4.78 is 7.74. The summed E-state index contributed by atoms with van der Waals surface area (Å²) in [5, 5.41) is 4.63. The lowest BCUT2D eigenvalue weighted by atomic mass is 10.0. The molecule has 0 amide bonds. The second-order valence-electron chi connectivity index (χ2n) is 6.64. The normalized spacial score (nSPS) is 17.5. The second kappa shape index (κ2) is 5.99. The molecule has 0 fully saturated rings. The van der Waals surface area contributed by atoms with Crippen LogP contribution in [0.25, 0.3) is 11.4 Å². The van der Waals surface area contributed by atoms with Crippen LogP contribution in [-0.2, 0) is 13.0 Å². The minimum absolute atomic E-state index is 0.475. The largest absolute Gasteiger partial charge is 0.491 e. The van der Waals surface area contributed by atoms with Gasteiger partial charge in [0.1, 0.15) is 11.6 Å². The fraction of sp³-hybridized carbons (Fsp3) is 0.529. The van der Waals surface area contributed by atoms with Gasteiger partial charge >= 0.3 is 0 Å². The Kier molecular flexibility index (Phi) is 4.05. The number of ether oxygens (including phenoxy) is 1. The molecule has 1 aliphatic heterocycles. The number of rotatable bonds is 4. The highest BCUT2D eigenvalue weighted by Gasteiger charge is 2.19. The van der Waals surface area contributed by atoms with Crippen LogP contribution in [0.2, 0.25) is 0 Å². The van der Waals surface area contributed by atoms with Crippen molar-refractivity contribution in [3.8, 4) is 17.1 Å². The first-order valence-electron chi connectivity index (χ1n) is 7.99. The maximum atomic E-state index is 6.10. The highest BCUT2D eigenvalue weighted by molar-refractivity contribution is 5.66. The molecule has 0 bridgehead atoms. The first-order chi connectivity index (χ1) is 10.5. The molecule has 1 unspecified atom stereocenters. The summed E-state index contributed by atoms with van der Waals surface area (Å²) in [5.41, 5.74) is 7.69. The van der Waals surface area contributed by atoms with E-state index in [1.807, 2.05) is 22.9 Å². The van der Waals surface area contributed by atoms with Gasteiger partial charge < -0.3 is 10.5 Å². The van der Waals surface area contributed by atoms with Crippen LogP contribution in [0.15, 0.2) is 18.2 Å². The lowest BCUT2D eigenvalue weighted by Crippen LogP contribution is -2.18. The van der Waals surface area contributed by atoms with Crippen LogP contribution in [0.5, 0.6) is 5.75 Å². The van der Waals surface area contributed by atoms with Crippen molar-refractivity contribution in [1.29, 1.82) is 0 Å². The Morgan fingerprint density at radius 2 is 2.23 bits per heavy atom. The van der Waals surface area contributed by atoms with Gasteiger partial charge in [-0.2, -0.15) is 5.10 Å². The molecule has 0 spiro atoms. The van der Waals surface area contributed by atoms with E-state index in [9.17, 15) is 0 Å². The van der Waals surface area contributed by atoms with Crippen LogP contribution in [-0.4, -0.2) is 21.4 Å². The average Bonchev–Trinajstić information content (AvgIpc) is 2.88. The van der Waals surface area contributed by atoms with E-state index >= 15 is 0 Å². The molecule has 2 aromatic rings. The number of nitrogen functional groups attached to an aromatic ring is 1. The molecular formula is C17H24N4O. The monoisotopic (exact) mass is 300 g/mol. The quantitative estimate of drug-likeness (QED) is 0.881. The van der Waals surface area contributed by atoms with Crippen LogP contribution in [0.4, 0.5) is 5.69 Å². The zero-order valence-corrected chi connectivity index (χ0v) is 13.5. The van der Waals surface area contributed by atoms with Crippen molar-refractivity contribution >= 4 is 5.69 Å². The third-order valence-electron chi connectivity index (χ3n) is 3.93. The summed E-state index contributed by atoms with van der Waals surface area (Å²) >= 11 is 0. The molecule has 0 radical (unpaired) electrons. The number of nitrogens with zero attached hydrogens (tertiary/aromatic N) is 3. The van der Waals surface area contributed by atoms with Gasteiger partial charge in [0.15, 0.2) is 5.82 Å². The van der Waals surface area contributed by atoms with E-state index in [4.69, 9.17) is 10.5 Å². The smallest absolute Gasteiger partial charge is 0.181 e. The molecule has 22 heavy (non-hydrogen) atoms. The Balaban J connectivity index is 1.82. The van der Waals surface area contributed by atoms with E-state index in [2.05, 4.69) is 30.9 Å². The summed E-state index contributed by atoms with van der Waals surface area (Å²) in [5.74, 6) is 3.70. The van der Waals surface area contributed by atoms with Crippen molar-refractivity contribution < 1.29 is 4.74 Å². The van der Waals surface area contributed by atoms with Gasteiger partial charge in [-0.1, -0.05) is 20.8 Å². The van der Waals surface area contributed by atoms with Crippen molar-refractivity contribution in [2.24, 2.45) is 11.8 Å². The van der Waals surface area contributed by atoms with Crippen LogP contribution in [0.1, 0.15) is 33.0 Å². The number of benzene rings is 1. The zero-order chi connectivity index (χ0) is 15.7. The average molecular weight is 300 g/mol.